The summed E-state index contributed by atoms with van der Waals surface area (Å²) in [5, 5.41) is 1.07. The molecule has 2 nitrogen and oxygen atoms in total. The quantitative estimate of drug-likeness (QED) is 0.616. The molecule has 0 fully saturated rings. The molecule has 2 rings (SSSR count). The Morgan fingerprint density at radius 1 is 1.18 bits per heavy atom. The van der Waals surface area contributed by atoms with Crippen LogP contribution in [0.5, 0.6) is 0 Å². The lowest BCUT2D eigenvalue weighted by Gasteiger charge is -2.13. The standard InChI is InChI=1S/C13H10Cl2N2/c1-2-10(11-4-3-7-16-13(11)15)12-6-5-9(14)8-17-12/h2-8,10H,1H2. The van der Waals surface area contributed by atoms with E-state index in [1.54, 1.807) is 24.5 Å². The highest BCUT2D eigenvalue weighted by molar-refractivity contribution is 6.30. The van der Waals surface area contributed by atoms with E-state index in [1.165, 1.54) is 0 Å². The first-order valence-corrected chi connectivity index (χ1v) is 5.82. The van der Waals surface area contributed by atoms with Crippen molar-refractivity contribution in [2.75, 3.05) is 0 Å². The van der Waals surface area contributed by atoms with E-state index in [9.17, 15) is 0 Å². The Morgan fingerprint density at radius 3 is 2.59 bits per heavy atom. The molecule has 2 aromatic rings. The van der Waals surface area contributed by atoms with Gasteiger partial charge >= 0.3 is 0 Å². The Hall–Kier alpha value is -1.38. The first kappa shape index (κ1) is 12.1. The number of rotatable bonds is 3. The normalized spacial score (nSPS) is 12.1. The lowest BCUT2D eigenvalue weighted by Crippen LogP contribution is -2.01. The van der Waals surface area contributed by atoms with Gasteiger partial charge in [0.1, 0.15) is 5.15 Å². The molecule has 17 heavy (non-hydrogen) atoms. The van der Waals surface area contributed by atoms with Gasteiger partial charge in [0.2, 0.25) is 0 Å². The lowest BCUT2D eigenvalue weighted by molar-refractivity contribution is 0.947. The maximum Gasteiger partial charge on any atom is 0.133 e. The van der Waals surface area contributed by atoms with Crippen LogP contribution in [-0.4, -0.2) is 9.97 Å². The van der Waals surface area contributed by atoms with Crippen LogP contribution in [0.15, 0.2) is 49.3 Å². The molecular weight excluding hydrogens is 255 g/mol. The van der Waals surface area contributed by atoms with Crippen molar-refractivity contribution in [3.8, 4) is 0 Å². The Labute approximate surface area is 110 Å². The number of hydrogen-bond acceptors (Lipinski definition) is 2. The molecule has 1 unspecified atom stereocenters. The van der Waals surface area contributed by atoms with Gasteiger partial charge in [0, 0.05) is 23.9 Å². The van der Waals surface area contributed by atoms with E-state index in [2.05, 4.69) is 16.5 Å². The number of aromatic nitrogens is 2. The molecule has 0 spiro atoms. The van der Waals surface area contributed by atoms with Crippen molar-refractivity contribution in [3.63, 3.8) is 0 Å². The van der Waals surface area contributed by atoms with E-state index in [4.69, 9.17) is 23.2 Å². The van der Waals surface area contributed by atoms with Gasteiger partial charge < -0.3 is 0 Å². The largest absolute Gasteiger partial charge is 0.259 e. The molecule has 4 heteroatoms. The smallest absolute Gasteiger partial charge is 0.133 e. The Balaban J connectivity index is 2.44. The molecule has 1 atom stereocenters. The van der Waals surface area contributed by atoms with Gasteiger partial charge in [-0.15, -0.1) is 6.58 Å². The van der Waals surface area contributed by atoms with E-state index in [0.717, 1.165) is 11.3 Å². The molecule has 0 aromatic carbocycles. The third kappa shape index (κ3) is 2.65. The van der Waals surface area contributed by atoms with Crippen molar-refractivity contribution >= 4 is 23.2 Å². The van der Waals surface area contributed by atoms with Crippen LogP contribution in [-0.2, 0) is 0 Å². The fraction of sp³-hybridized carbons (Fsp3) is 0.0769. The van der Waals surface area contributed by atoms with Gasteiger partial charge in [-0.25, -0.2) is 4.98 Å². The molecule has 0 aliphatic heterocycles. The minimum Gasteiger partial charge on any atom is -0.259 e. The van der Waals surface area contributed by atoms with E-state index < -0.39 is 0 Å². The zero-order chi connectivity index (χ0) is 12.3. The number of halogens is 2. The van der Waals surface area contributed by atoms with Gasteiger partial charge in [0.15, 0.2) is 0 Å². The van der Waals surface area contributed by atoms with Crippen molar-refractivity contribution in [3.05, 3.63) is 70.7 Å². The fourth-order valence-corrected chi connectivity index (χ4v) is 1.96. The molecule has 2 aromatic heterocycles. The summed E-state index contributed by atoms with van der Waals surface area (Å²) >= 11 is 11.9. The molecular formula is C13H10Cl2N2. The van der Waals surface area contributed by atoms with Crippen LogP contribution in [0, 0.1) is 0 Å². The highest BCUT2D eigenvalue weighted by Gasteiger charge is 2.15. The first-order chi connectivity index (χ1) is 8.22. The zero-order valence-corrected chi connectivity index (χ0v) is 10.5. The zero-order valence-electron chi connectivity index (χ0n) is 8.98. The average Bonchev–Trinajstić information content (AvgIpc) is 2.35. The van der Waals surface area contributed by atoms with Gasteiger partial charge in [0.05, 0.1) is 10.7 Å². The Morgan fingerprint density at radius 2 is 2.00 bits per heavy atom. The summed E-state index contributed by atoms with van der Waals surface area (Å²) in [4.78, 5) is 8.33. The van der Waals surface area contributed by atoms with Gasteiger partial charge in [-0.05, 0) is 18.2 Å². The maximum absolute atomic E-state index is 6.07. The second-order valence-corrected chi connectivity index (χ2v) is 4.29. The molecule has 0 aliphatic carbocycles. The van der Waals surface area contributed by atoms with Crippen LogP contribution < -0.4 is 0 Å². The van der Waals surface area contributed by atoms with Gasteiger partial charge in [-0.2, -0.15) is 0 Å². The first-order valence-electron chi connectivity index (χ1n) is 5.07. The predicted octanol–water partition coefficient (Wildman–Crippen LogP) is 4.10. The molecule has 0 N–H and O–H groups in total. The number of nitrogens with zero attached hydrogens (tertiary/aromatic N) is 2. The maximum atomic E-state index is 6.07. The minimum atomic E-state index is -0.0755. The third-order valence-corrected chi connectivity index (χ3v) is 2.97. The topological polar surface area (TPSA) is 25.8 Å². The van der Waals surface area contributed by atoms with Crippen LogP contribution in [0.1, 0.15) is 17.2 Å². The highest BCUT2D eigenvalue weighted by Crippen LogP contribution is 2.28. The van der Waals surface area contributed by atoms with E-state index in [-0.39, 0.29) is 5.92 Å². The number of hydrogen-bond donors (Lipinski definition) is 0. The minimum absolute atomic E-state index is 0.0755. The summed E-state index contributed by atoms with van der Waals surface area (Å²) < 4.78 is 0. The summed E-state index contributed by atoms with van der Waals surface area (Å²) in [6.07, 6.45) is 5.05. The molecule has 0 radical (unpaired) electrons. The SMILES string of the molecule is C=CC(c1ccc(Cl)cn1)c1cccnc1Cl. The van der Waals surface area contributed by atoms with Gasteiger partial charge in [-0.1, -0.05) is 35.3 Å². The van der Waals surface area contributed by atoms with Crippen LogP contribution in [0.3, 0.4) is 0 Å². The van der Waals surface area contributed by atoms with Crippen molar-refractivity contribution < 1.29 is 0 Å². The van der Waals surface area contributed by atoms with E-state index in [0.29, 0.717) is 10.2 Å². The summed E-state index contributed by atoms with van der Waals surface area (Å²) in [5.74, 6) is -0.0755. The molecule has 0 bridgehead atoms. The third-order valence-electron chi connectivity index (χ3n) is 2.43. The molecule has 2 heterocycles. The average molecular weight is 265 g/mol. The summed E-state index contributed by atoms with van der Waals surface area (Å²) in [6.45, 7) is 3.82. The van der Waals surface area contributed by atoms with Gasteiger partial charge in [0.25, 0.3) is 0 Å². The number of allylic oxidation sites excluding steroid dienone is 1. The molecule has 0 saturated carbocycles. The molecule has 0 aliphatic rings. The highest BCUT2D eigenvalue weighted by atomic mass is 35.5. The second kappa shape index (κ2) is 5.30. The van der Waals surface area contributed by atoms with Crippen LogP contribution in [0.4, 0.5) is 0 Å². The fourth-order valence-electron chi connectivity index (χ4n) is 1.61. The molecule has 86 valence electrons. The second-order valence-electron chi connectivity index (χ2n) is 3.50. The summed E-state index contributed by atoms with van der Waals surface area (Å²) in [7, 11) is 0. The van der Waals surface area contributed by atoms with Crippen LogP contribution in [0.25, 0.3) is 0 Å². The molecule has 0 amide bonds. The monoisotopic (exact) mass is 264 g/mol. The van der Waals surface area contributed by atoms with Crippen LogP contribution in [0.2, 0.25) is 10.2 Å². The van der Waals surface area contributed by atoms with Gasteiger partial charge in [-0.3, -0.25) is 4.98 Å². The van der Waals surface area contributed by atoms with Crippen molar-refractivity contribution in [1.29, 1.82) is 0 Å². The summed E-state index contributed by atoms with van der Waals surface area (Å²) in [6, 6.07) is 7.41. The number of pyridine rings is 2. The summed E-state index contributed by atoms with van der Waals surface area (Å²) in [5.41, 5.74) is 1.73. The van der Waals surface area contributed by atoms with Crippen molar-refractivity contribution in [2.24, 2.45) is 0 Å². The Kier molecular flexibility index (Phi) is 3.77. The Bertz CT molecular complexity index is 523. The van der Waals surface area contributed by atoms with E-state index in [1.807, 2.05) is 18.2 Å². The lowest BCUT2D eigenvalue weighted by atomic mass is 9.97. The van der Waals surface area contributed by atoms with Crippen molar-refractivity contribution in [1.82, 2.24) is 9.97 Å². The van der Waals surface area contributed by atoms with Crippen LogP contribution >= 0.6 is 23.2 Å². The predicted molar refractivity (Wildman–Crippen MR) is 70.5 cm³/mol. The van der Waals surface area contributed by atoms with E-state index >= 15 is 0 Å². The molecule has 0 saturated heterocycles. The van der Waals surface area contributed by atoms with Crippen molar-refractivity contribution in [2.45, 2.75) is 5.92 Å².